The summed E-state index contributed by atoms with van der Waals surface area (Å²) in [4.78, 5) is 10.1. The molecule has 0 radical (unpaired) electrons. The predicted octanol–water partition coefficient (Wildman–Crippen LogP) is -3.30. The maximum Gasteiger partial charge on any atom is 1.00 e. The summed E-state index contributed by atoms with van der Waals surface area (Å²) < 4.78 is 0. The summed E-state index contributed by atoms with van der Waals surface area (Å²) in [5, 5.41) is 12.0. The number of carboxylic acids is 1. The van der Waals surface area contributed by atoms with Gasteiger partial charge in [0, 0.05) is 5.56 Å². The van der Waals surface area contributed by atoms with Crippen molar-refractivity contribution in [3.8, 4) is 0 Å². The van der Waals surface area contributed by atoms with Crippen molar-refractivity contribution in [3.63, 3.8) is 0 Å². The standard InChI is InChI=1S/C5H5NO2S.Na/c6-4-3(5(7)8)1-2-9-4;/h1-2H,6H2,(H,7,8);/q;+1/p-1. The maximum absolute atomic E-state index is 10.1. The predicted molar refractivity (Wildman–Crippen MR) is 33.1 cm³/mol. The van der Waals surface area contributed by atoms with Gasteiger partial charge in [-0.25, -0.2) is 0 Å². The van der Waals surface area contributed by atoms with E-state index in [-0.39, 0.29) is 35.1 Å². The molecule has 1 aromatic rings. The van der Waals surface area contributed by atoms with Crippen molar-refractivity contribution in [2.24, 2.45) is 0 Å². The van der Waals surface area contributed by atoms with Crippen molar-refractivity contribution >= 4 is 22.3 Å². The quantitative estimate of drug-likeness (QED) is 0.443. The summed E-state index contributed by atoms with van der Waals surface area (Å²) in [6, 6.07) is 1.43. The third kappa shape index (κ3) is 1.98. The molecule has 1 heterocycles. The molecule has 0 spiro atoms. The molecule has 1 aromatic heterocycles. The van der Waals surface area contributed by atoms with Crippen molar-refractivity contribution in [3.05, 3.63) is 17.0 Å². The van der Waals surface area contributed by atoms with Crippen molar-refractivity contribution < 1.29 is 39.5 Å². The fourth-order valence-corrected chi connectivity index (χ4v) is 1.12. The second-order valence-corrected chi connectivity index (χ2v) is 2.43. The van der Waals surface area contributed by atoms with Crippen LogP contribution in [0.4, 0.5) is 5.00 Å². The number of aromatic carboxylic acids is 1. The van der Waals surface area contributed by atoms with Crippen LogP contribution in [0.2, 0.25) is 0 Å². The Hall–Kier alpha value is -0.0300. The van der Waals surface area contributed by atoms with Crippen molar-refractivity contribution in [1.29, 1.82) is 0 Å². The number of carboxylic acid groups (broad SMARTS) is 1. The average Bonchev–Trinajstić information content (AvgIpc) is 2.13. The van der Waals surface area contributed by atoms with Gasteiger partial charge in [-0.2, -0.15) is 0 Å². The summed E-state index contributed by atoms with van der Waals surface area (Å²) in [6.45, 7) is 0. The van der Waals surface area contributed by atoms with Gasteiger partial charge in [0.2, 0.25) is 0 Å². The first-order chi connectivity index (χ1) is 4.22. The molecule has 0 amide bonds. The van der Waals surface area contributed by atoms with Gasteiger partial charge in [0.15, 0.2) is 0 Å². The van der Waals surface area contributed by atoms with Gasteiger partial charge < -0.3 is 15.6 Å². The first-order valence-corrected chi connectivity index (χ1v) is 3.14. The maximum atomic E-state index is 10.1. The number of anilines is 1. The zero-order chi connectivity index (χ0) is 6.85. The van der Waals surface area contributed by atoms with Crippen LogP contribution in [-0.4, -0.2) is 5.97 Å². The summed E-state index contributed by atoms with van der Waals surface area (Å²) >= 11 is 1.19. The second-order valence-electron chi connectivity index (χ2n) is 1.49. The molecule has 0 aliphatic carbocycles. The molecule has 0 saturated heterocycles. The van der Waals surface area contributed by atoms with E-state index in [4.69, 9.17) is 5.73 Å². The minimum atomic E-state index is -1.21. The average molecular weight is 165 g/mol. The van der Waals surface area contributed by atoms with E-state index in [0.717, 1.165) is 0 Å². The molecule has 0 saturated carbocycles. The number of hydrogen-bond acceptors (Lipinski definition) is 4. The van der Waals surface area contributed by atoms with Gasteiger partial charge in [-0.15, -0.1) is 11.3 Å². The molecule has 2 N–H and O–H groups in total. The molecule has 0 aliphatic heterocycles. The molecular weight excluding hydrogens is 161 g/mol. The van der Waals surface area contributed by atoms with Crippen molar-refractivity contribution in [2.75, 3.05) is 5.73 Å². The molecule has 0 bridgehead atoms. The van der Waals surface area contributed by atoms with Gasteiger partial charge in [0.25, 0.3) is 0 Å². The monoisotopic (exact) mass is 165 g/mol. The van der Waals surface area contributed by atoms with E-state index in [9.17, 15) is 9.90 Å². The Balaban J connectivity index is 0.000000810. The molecule has 1 rings (SSSR count). The first kappa shape index (κ1) is 9.97. The van der Waals surface area contributed by atoms with E-state index in [2.05, 4.69) is 0 Å². The molecular formula is C5H4NNaO2S. The first-order valence-electron chi connectivity index (χ1n) is 2.26. The topological polar surface area (TPSA) is 66.2 Å². The van der Waals surface area contributed by atoms with E-state index in [1.165, 1.54) is 17.4 Å². The smallest absolute Gasteiger partial charge is 0.545 e. The molecule has 0 aromatic carbocycles. The Morgan fingerprint density at radius 3 is 2.50 bits per heavy atom. The van der Waals surface area contributed by atoms with Gasteiger partial charge in [0.05, 0.1) is 11.0 Å². The molecule has 3 nitrogen and oxygen atoms in total. The number of carbonyl (C=O) groups is 1. The Labute approximate surface area is 84.1 Å². The summed E-state index contributed by atoms with van der Waals surface area (Å²) in [5.74, 6) is -1.21. The Morgan fingerprint density at radius 1 is 1.70 bits per heavy atom. The van der Waals surface area contributed by atoms with Crippen LogP contribution in [0, 0.1) is 0 Å². The molecule has 0 atom stereocenters. The van der Waals surface area contributed by atoms with Gasteiger partial charge >= 0.3 is 29.6 Å². The Morgan fingerprint density at radius 2 is 2.30 bits per heavy atom. The van der Waals surface area contributed by atoms with Gasteiger partial charge in [-0.1, -0.05) is 0 Å². The van der Waals surface area contributed by atoms with Crippen LogP contribution in [-0.2, 0) is 0 Å². The van der Waals surface area contributed by atoms with E-state index in [1.54, 1.807) is 5.38 Å². The van der Waals surface area contributed by atoms with Crippen LogP contribution in [0.15, 0.2) is 11.4 Å². The van der Waals surface area contributed by atoms with E-state index < -0.39 is 5.97 Å². The fourth-order valence-electron chi connectivity index (χ4n) is 0.490. The molecule has 48 valence electrons. The van der Waals surface area contributed by atoms with Gasteiger partial charge in [-0.05, 0) is 11.4 Å². The molecule has 10 heavy (non-hydrogen) atoms. The number of rotatable bonds is 1. The third-order valence-electron chi connectivity index (χ3n) is 0.915. The zero-order valence-electron chi connectivity index (χ0n) is 5.46. The number of thiophene rings is 1. The van der Waals surface area contributed by atoms with Crippen LogP contribution < -0.4 is 40.4 Å². The van der Waals surface area contributed by atoms with Gasteiger partial charge in [0.1, 0.15) is 0 Å². The van der Waals surface area contributed by atoms with E-state index >= 15 is 0 Å². The molecule has 0 aliphatic rings. The van der Waals surface area contributed by atoms with Crippen LogP contribution in [0.25, 0.3) is 0 Å². The molecule has 5 heteroatoms. The number of nitrogens with two attached hydrogens (primary N) is 1. The van der Waals surface area contributed by atoms with E-state index in [1.807, 2.05) is 0 Å². The summed E-state index contributed by atoms with van der Waals surface area (Å²) in [5.41, 5.74) is 5.32. The Bertz CT molecular complexity index is 235. The minimum Gasteiger partial charge on any atom is -0.545 e. The fraction of sp³-hybridized carbons (Fsp3) is 0. The van der Waals surface area contributed by atoms with E-state index in [0.29, 0.717) is 5.00 Å². The summed E-state index contributed by atoms with van der Waals surface area (Å²) in [7, 11) is 0. The van der Waals surface area contributed by atoms with Crippen LogP contribution >= 0.6 is 11.3 Å². The van der Waals surface area contributed by atoms with Crippen LogP contribution in [0.5, 0.6) is 0 Å². The van der Waals surface area contributed by atoms with Crippen molar-refractivity contribution in [1.82, 2.24) is 0 Å². The Kier molecular flexibility index (Phi) is 3.96. The summed E-state index contributed by atoms with van der Waals surface area (Å²) in [6.07, 6.45) is 0. The van der Waals surface area contributed by atoms with Crippen LogP contribution in [0.1, 0.15) is 10.4 Å². The molecule has 0 unspecified atom stereocenters. The number of hydrogen-bond donors (Lipinski definition) is 1. The second kappa shape index (κ2) is 3.98. The normalized spacial score (nSPS) is 8.40. The third-order valence-corrected chi connectivity index (χ3v) is 1.66. The number of carbonyl (C=O) groups excluding carboxylic acids is 1. The zero-order valence-corrected chi connectivity index (χ0v) is 8.27. The van der Waals surface area contributed by atoms with Crippen molar-refractivity contribution in [2.45, 2.75) is 0 Å². The SMILES string of the molecule is Nc1sccc1C(=O)[O-].[Na+]. The van der Waals surface area contributed by atoms with Gasteiger partial charge in [-0.3, -0.25) is 0 Å². The van der Waals surface area contributed by atoms with Crippen LogP contribution in [0.3, 0.4) is 0 Å². The number of nitrogen functional groups attached to an aromatic ring is 1. The minimum absolute atomic E-state index is 0. The largest absolute Gasteiger partial charge is 1.00 e. The molecule has 0 fully saturated rings.